The highest BCUT2D eigenvalue weighted by Crippen LogP contribution is 2.42. The molecule has 3 fully saturated rings. The van der Waals surface area contributed by atoms with E-state index in [1.807, 2.05) is 39.8 Å². The van der Waals surface area contributed by atoms with Gasteiger partial charge in [-0.25, -0.2) is 4.79 Å². The van der Waals surface area contributed by atoms with Gasteiger partial charge in [0.2, 0.25) is 0 Å². The number of carbonyl (C=O) groups excluding carboxylic acids is 3. The molecule has 0 spiro atoms. The number of ketones is 1. The van der Waals surface area contributed by atoms with Gasteiger partial charge in [-0.3, -0.25) is 9.59 Å². The van der Waals surface area contributed by atoms with E-state index in [0.29, 0.717) is 12.8 Å². The Hall–Kier alpha value is -2.03. The van der Waals surface area contributed by atoms with Crippen LogP contribution in [0.1, 0.15) is 101 Å². The first-order valence-electron chi connectivity index (χ1n) is 21.6. The number of alkyl carbamates (subject to hydrolysis) is 1. The van der Waals surface area contributed by atoms with E-state index in [0.717, 1.165) is 0 Å². The fourth-order valence-corrected chi connectivity index (χ4v) is 9.65. The quantitative estimate of drug-likeness (QED) is 0.155. The predicted octanol–water partition coefficient (Wildman–Crippen LogP) is 3.21. The van der Waals surface area contributed by atoms with Gasteiger partial charge in [-0.1, -0.05) is 27.7 Å². The number of rotatable bonds is 13. The molecule has 350 valence electrons. The summed E-state index contributed by atoms with van der Waals surface area (Å²) in [6, 6.07) is -0.302. The van der Waals surface area contributed by atoms with Crippen molar-refractivity contribution in [3.63, 3.8) is 0 Å². The molecule has 3 aliphatic rings. The number of ether oxygens (including phenoxy) is 9. The number of likely N-dealkylation sites (N-methyl/N-ethyl adjacent to an activating group) is 1. The molecular formula is C43H78N2O15. The van der Waals surface area contributed by atoms with E-state index in [9.17, 15) is 24.6 Å². The van der Waals surface area contributed by atoms with Crippen molar-refractivity contribution in [1.29, 1.82) is 0 Å². The second-order valence-electron chi connectivity index (χ2n) is 18.2. The molecule has 0 aromatic heterocycles. The number of aliphatic hydroxyl groups is 3. The van der Waals surface area contributed by atoms with Crippen LogP contribution in [-0.2, 0) is 52.2 Å². The Bertz CT molecular complexity index is 1390. The average Bonchev–Trinajstić information content (AvgIpc) is 3.19. The van der Waals surface area contributed by atoms with E-state index in [1.165, 1.54) is 28.3 Å². The van der Waals surface area contributed by atoms with Gasteiger partial charge in [0.05, 0.1) is 42.0 Å². The lowest BCUT2D eigenvalue weighted by Gasteiger charge is -2.50. The van der Waals surface area contributed by atoms with Crippen molar-refractivity contribution in [2.75, 3.05) is 48.6 Å². The number of carbonyl (C=O) groups is 3. The largest absolute Gasteiger partial charge is 0.459 e. The van der Waals surface area contributed by atoms with Crippen molar-refractivity contribution in [3.05, 3.63) is 0 Å². The summed E-state index contributed by atoms with van der Waals surface area (Å²) in [5.74, 6) is -4.13. The monoisotopic (exact) mass is 863 g/mol. The molecule has 0 aromatic carbocycles. The third kappa shape index (κ3) is 11.9. The van der Waals surface area contributed by atoms with Gasteiger partial charge in [-0.2, -0.15) is 0 Å². The molecule has 4 N–H and O–H groups in total. The summed E-state index contributed by atoms with van der Waals surface area (Å²) in [6.45, 7) is 17.7. The maximum atomic E-state index is 14.5. The molecule has 1 amide bonds. The normalized spacial score (nSPS) is 43.9. The molecule has 0 aliphatic carbocycles. The van der Waals surface area contributed by atoms with E-state index < -0.39 is 108 Å². The SMILES string of the molecule is CC[C@H]1OC(=O)[C@H](C)[C@@H](O[C@H]2C[C@@](C)(OC)[C@@H](OC(=O)NCCCO)[C@H](C)O2)[C@H](C)[C@@H](O[C@@H]2O[C@H](C)C[C@H](N(C)C)[C@H]2O)[C@](C)(OC)C[C@@H](C)C(=O)[C@H](C)[C@@H](OC)[C@]1(C)O. The number of nitrogens with one attached hydrogen (secondary N) is 1. The van der Waals surface area contributed by atoms with E-state index >= 15 is 0 Å². The zero-order valence-electron chi connectivity index (χ0n) is 38.8. The standard InChI is InChI=1S/C43H78N2O15/c1-16-30-43(10,51)36(52-13)25(4)32(47)23(2)21-41(8,53-14)35(59-39-33(48)29(45(11)12)20-24(3)55-39)26(5)34(27(6)38(49)57-30)58-31-22-42(9,54-15)37(28(7)56-31)60-40(50)44-18-17-19-46/h23-31,33-37,39,46,48,51H,16-22H2,1-15H3,(H,44,50)/t23-,24-,25+,26+,27-,28+,29+,30-,31+,33-,34+,35-,36-,37+,39+,41-,42-,43-/m1/s1. The van der Waals surface area contributed by atoms with Crippen molar-refractivity contribution < 1.29 is 72.3 Å². The van der Waals surface area contributed by atoms with Gasteiger partial charge in [0.1, 0.15) is 29.2 Å². The van der Waals surface area contributed by atoms with Crippen molar-refractivity contribution in [2.24, 2.45) is 23.7 Å². The highest BCUT2D eigenvalue weighted by Gasteiger charge is 2.55. The van der Waals surface area contributed by atoms with Gasteiger partial charge in [0, 0.05) is 64.7 Å². The molecule has 18 atom stereocenters. The molecule has 60 heavy (non-hydrogen) atoms. The zero-order chi connectivity index (χ0) is 45.5. The Morgan fingerprint density at radius 2 is 1.52 bits per heavy atom. The number of amides is 1. The van der Waals surface area contributed by atoms with Crippen LogP contribution >= 0.6 is 0 Å². The second-order valence-corrected chi connectivity index (χ2v) is 18.2. The van der Waals surface area contributed by atoms with Crippen LogP contribution < -0.4 is 5.32 Å². The summed E-state index contributed by atoms with van der Waals surface area (Å²) in [4.78, 5) is 43.5. The molecule has 0 saturated carbocycles. The van der Waals surface area contributed by atoms with Gasteiger partial charge < -0.3 is 68.2 Å². The van der Waals surface area contributed by atoms with E-state index in [1.54, 1.807) is 41.5 Å². The lowest BCUT2D eigenvalue weighted by atomic mass is 9.73. The lowest BCUT2D eigenvalue weighted by molar-refractivity contribution is -0.319. The third-order valence-electron chi connectivity index (χ3n) is 13.3. The molecule has 0 aromatic rings. The Labute approximate surface area is 357 Å². The number of hydrogen-bond donors (Lipinski definition) is 4. The van der Waals surface area contributed by atoms with Crippen LogP contribution in [0, 0.1) is 23.7 Å². The Balaban J connectivity index is 2.20. The zero-order valence-corrected chi connectivity index (χ0v) is 38.8. The smallest absolute Gasteiger partial charge is 0.407 e. The number of aliphatic hydroxyl groups excluding tert-OH is 2. The highest BCUT2D eigenvalue weighted by molar-refractivity contribution is 5.83. The topological polar surface area (TPSA) is 210 Å². The maximum absolute atomic E-state index is 14.5. The molecule has 0 bridgehead atoms. The maximum Gasteiger partial charge on any atom is 0.407 e. The minimum atomic E-state index is -1.77. The van der Waals surface area contributed by atoms with Crippen LogP contribution in [0.15, 0.2) is 0 Å². The first-order valence-corrected chi connectivity index (χ1v) is 21.6. The first kappa shape index (κ1) is 52.3. The Morgan fingerprint density at radius 3 is 2.07 bits per heavy atom. The van der Waals surface area contributed by atoms with Gasteiger partial charge in [0.15, 0.2) is 18.7 Å². The lowest BCUT2D eigenvalue weighted by Crippen LogP contribution is -2.62. The first-order chi connectivity index (χ1) is 28.0. The minimum absolute atomic E-state index is 0.0677. The summed E-state index contributed by atoms with van der Waals surface area (Å²) < 4.78 is 56.6. The van der Waals surface area contributed by atoms with Crippen molar-refractivity contribution in [3.8, 4) is 0 Å². The number of esters is 1. The van der Waals surface area contributed by atoms with Gasteiger partial charge >= 0.3 is 12.1 Å². The van der Waals surface area contributed by atoms with Gasteiger partial charge in [-0.05, 0) is 81.3 Å². The summed E-state index contributed by atoms with van der Waals surface area (Å²) in [5.41, 5.74) is -4.15. The molecular weight excluding hydrogens is 784 g/mol. The van der Waals surface area contributed by atoms with Gasteiger partial charge in [0.25, 0.3) is 0 Å². The molecule has 3 heterocycles. The van der Waals surface area contributed by atoms with E-state index in [4.69, 9.17) is 47.7 Å². The number of Topliss-reactive ketones (excluding diaryl/α,β-unsaturated/α-hetero) is 1. The van der Waals surface area contributed by atoms with E-state index in [-0.39, 0.29) is 50.3 Å². The molecule has 0 unspecified atom stereocenters. The van der Waals surface area contributed by atoms with Gasteiger partial charge in [-0.15, -0.1) is 0 Å². The second kappa shape index (κ2) is 22.0. The Morgan fingerprint density at radius 1 is 0.900 bits per heavy atom. The van der Waals surface area contributed by atoms with Crippen molar-refractivity contribution in [2.45, 2.75) is 186 Å². The predicted molar refractivity (Wildman–Crippen MR) is 220 cm³/mol. The highest BCUT2D eigenvalue weighted by atomic mass is 16.7. The Kier molecular flexibility index (Phi) is 19.2. The minimum Gasteiger partial charge on any atom is -0.459 e. The van der Waals surface area contributed by atoms with Crippen LogP contribution in [-0.4, -0.2) is 171 Å². The third-order valence-corrected chi connectivity index (χ3v) is 13.3. The number of methoxy groups -OCH3 is 3. The van der Waals surface area contributed by atoms with Crippen LogP contribution in [0.2, 0.25) is 0 Å². The fraction of sp³-hybridized carbons (Fsp3) is 0.930. The number of cyclic esters (lactones) is 1. The average molecular weight is 863 g/mol. The van der Waals surface area contributed by atoms with Crippen molar-refractivity contribution in [1.82, 2.24) is 10.2 Å². The summed E-state index contributed by atoms with van der Waals surface area (Å²) in [7, 11) is 8.19. The van der Waals surface area contributed by atoms with Crippen LogP contribution in [0.25, 0.3) is 0 Å². The summed E-state index contributed by atoms with van der Waals surface area (Å²) >= 11 is 0. The number of hydrogen-bond acceptors (Lipinski definition) is 16. The number of nitrogens with zero attached hydrogens (tertiary/aromatic N) is 1. The fourth-order valence-electron chi connectivity index (χ4n) is 9.65. The molecule has 17 nitrogen and oxygen atoms in total. The van der Waals surface area contributed by atoms with Crippen LogP contribution in [0.3, 0.4) is 0 Å². The van der Waals surface area contributed by atoms with Crippen molar-refractivity contribution >= 4 is 17.8 Å². The molecule has 17 heteroatoms. The summed E-state index contributed by atoms with van der Waals surface area (Å²) in [6.07, 6.45) is -8.63. The molecule has 3 aliphatic heterocycles. The van der Waals surface area contributed by atoms with Crippen LogP contribution in [0.5, 0.6) is 0 Å². The molecule has 0 radical (unpaired) electrons. The summed E-state index contributed by atoms with van der Waals surface area (Å²) in [5, 5.41) is 35.5. The molecule has 3 saturated heterocycles. The van der Waals surface area contributed by atoms with E-state index in [2.05, 4.69) is 5.32 Å². The molecule has 3 rings (SSSR count). The van der Waals surface area contributed by atoms with Crippen LogP contribution in [0.4, 0.5) is 4.79 Å².